The number of aryl methyl sites for hydroxylation is 1. The number of aromatic nitrogens is 2. The maximum Gasteiger partial charge on any atom is 0.138 e. The first kappa shape index (κ1) is 23.2. The third-order valence-electron chi connectivity index (χ3n) is 6.97. The van der Waals surface area contributed by atoms with Gasteiger partial charge in [-0.1, -0.05) is 6.92 Å². The summed E-state index contributed by atoms with van der Waals surface area (Å²) in [5.74, 6) is 1.64. The molecule has 2 N–H and O–H groups in total. The smallest absolute Gasteiger partial charge is 0.138 e. The van der Waals surface area contributed by atoms with E-state index in [1.54, 1.807) is 12.4 Å². The Morgan fingerprint density at radius 3 is 2.69 bits per heavy atom. The van der Waals surface area contributed by atoms with Gasteiger partial charge in [-0.2, -0.15) is 5.26 Å². The maximum absolute atomic E-state index is 9.84. The molecule has 180 valence electrons. The molecule has 0 unspecified atom stereocenters. The highest BCUT2D eigenvalue weighted by molar-refractivity contribution is 5.91. The number of hydrogen-bond acceptors (Lipinski definition) is 6. The summed E-state index contributed by atoms with van der Waals surface area (Å²) in [6.45, 7) is 11.7. The van der Waals surface area contributed by atoms with Crippen molar-refractivity contribution in [3.63, 3.8) is 0 Å². The first-order valence-electron chi connectivity index (χ1n) is 12.4. The van der Waals surface area contributed by atoms with Crippen LogP contribution in [0.1, 0.15) is 37.7 Å². The quantitative estimate of drug-likeness (QED) is 0.371. The summed E-state index contributed by atoms with van der Waals surface area (Å²) in [4.78, 5) is 12.5. The number of fused-ring (bicyclic) bond motifs is 1. The number of nitrogens with one attached hydrogen (secondary N) is 2. The Labute approximate surface area is 206 Å². The van der Waals surface area contributed by atoms with Gasteiger partial charge in [0, 0.05) is 67.4 Å². The molecule has 0 aliphatic carbocycles. The fraction of sp³-hybridized carbons (Fsp3) is 0.357. The Balaban J connectivity index is 1.42. The van der Waals surface area contributed by atoms with Crippen molar-refractivity contribution in [2.24, 2.45) is 0 Å². The van der Waals surface area contributed by atoms with Gasteiger partial charge in [-0.05, 0) is 56.2 Å². The molecule has 0 amide bonds. The van der Waals surface area contributed by atoms with Gasteiger partial charge >= 0.3 is 0 Å². The lowest BCUT2D eigenvalue weighted by molar-refractivity contribution is 0.0992. The number of furan rings is 1. The molecule has 0 atom stereocenters. The number of benzene rings is 1. The van der Waals surface area contributed by atoms with E-state index in [9.17, 15) is 5.26 Å². The summed E-state index contributed by atoms with van der Waals surface area (Å²) in [5, 5.41) is 14.6. The Hall–Kier alpha value is -3.60. The number of anilines is 2. The fourth-order valence-corrected chi connectivity index (χ4v) is 4.96. The van der Waals surface area contributed by atoms with E-state index in [0.29, 0.717) is 17.4 Å². The van der Waals surface area contributed by atoms with Crippen molar-refractivity contribution in [2.45, 2.75) is 39.8 Å². The van der Waals surface area contributed by atoms with Gasteiger partial charge in [0.15, 0.2) is 0 Å². The number of piperazine rings is 1. The molecule has 0 spiro atoms. The number of aromatic amines is 1. The summed E-state index contributed by atoms with van der Waals surface area (Å²) in [5.41, 5.74) is 5.29. The monoisotopic (exact) mass is 468 g/mol. The Morgan fingerprint density at radius 2 is 1.94 bits per heavy atom. The van der Waals surface area contributed by atoms with Gasteiger partial charge in [0.1, 0.15) is 17.6 Å². The summed E-state index contributed by atoms with van der Waals surface area (Å²) in [7, 11) is 0. The highest BCUT2D eigenvalue weighted by Crippen LogP contribution is 2.36. The highest BCUT2D eigenvalue weighted by Gasteiger charge is 2.21. The first-order chi connectivity index (χ1) is 17.1. The van der Waals surface area contributed by atoms with Crippen molar-refractivity contribution in [1.29, 1.82) is 5.26 Å². The lowest BCUT2D eigenvalue weighted by Crippen LogP contribution is -2.48. The third-order valence-corrected chi connectivity index (χ3v) is 6.97. The van der Waals surface area contributed by atoms with E-state index in [1.807, 2.05) is 18.3 Å². The van der Waals surface area contributed by atoms with E-state index in [-0.39, 0.29) is 0 Å². The largest absolute Gasteiger partial charge is 0.460 e. The molecule has 7 nitrogen and oxygen atoms in total. The number of nitriles is 1. The van der Waals surface area contributed by atoms with Crippen LogP contribution in [0.3, 0.4) is 0 Å². The summed E-state index contributed by atoms with van der Waals surface area (Å²) in [6, 6.07) is 13.1. The molecule has 7 heteroatoms. The van der Waals surface area contributed by atoms with Crippen LogP contribution < -0.4 is 5.32 Å². The van der Waals surface area contributed by atoms with Crippen LogP contribution in [0.2, 0.25) is 0 Å². The van der Waals surface area contributed by atoms with Crippen LogP contribution in [-0.2, 0) is 13.0 Å². The molecule has 0 saturated carbocycles. The minimum absolute atomic E-state index is 0.487. The van der Waals surface area contributed by atoms with Gasteiger partial charge in [-0.3, -0.25) is 14.8 Å². The van der Waals surface area contributed by atoms with E-state index in [2.05, 4.69) is 70.1 Å². The van der Waals surface area contributed by atoms with Gasteiger partial charge in [0.05, 0.1) is 23.4 Å². The second-order valence-electron chi connectivity index (χ2n) is 9.40. The Morgan fingerprint density at radius 1 is 1.11 bits per heavy atom. The number of nitrogens with zero attached hydrogens (tertiary/aromatic N) is 4. The minimum Gasteiger partial charge on any atom is -0.460 e. The lowest BCUT2D eigenvalue weighted by atomic mass is 10.0. The van der Waals surface area contributed by atoms with Crippen molar-refractivity contribution in [2.75, 3.05) is 31.5 Å². The average Bonchev–Trinajstić information content (AvgIpc) is 3.54. The zero-order valence-corrected chi connectivity index (χ0v) is 20.6. The number of H-pyrrole nitrogens is 1. The molecule has 1 aromatic carbocycles. The lowest BCUT2D eigenvalue weighted by Gasteiger charge is -2.36. The first-order valence-corrected chi connectivity index (χ1v) is 12.4. The standard InChI is InChI=1S/C28H32N6O/c1-4-22-23-9-10-31-25(23)6-7-26(22)32-28-20(15-29)16-30-17-24(28)27-8-5-21(35-27)18-33-11-13-34(14-12-33)19(2)3/h5-10,16-17,19,31H,4,11-14,18H2,1-3H3,(H,30,32). The molecule has 1 fully saturated rings. The SMILES string of the molecule is CCc1c(Nc2c(C#N)cncc2-c2ccc(CN3CCN(C(C)C)CC3)o2)ccc2[nH]ccc12. The molecule has 35 heavy (non-hydrogen) atoms. The molecule has 3 aromatic heterocycles. The fourth-order valence-electron chi connectivity index (χ4n) is 4.96. The van der Waals surface area contributed by atoms with Crippen molar-refractivity contribution in [3.8, 4) is 17.4 Å². The van der Waals surface area contributed by atoms with Gasteiger partial charge in [-0.15, -0.1) is 0 Å². The predicted molar refractivity (Wildman–Crippen MR) is 140 cm³/mol. The molecule has 1 aliphatic rings. The van der Waals surface area contributed by atoms with E-state index in [0.717, 1.165) is 67.4 Å². The van der Waals surface area contributed by atoms with Crippen LogP contribution in [-0.4, -0.2) is 52.0 Å². The van der Waals surface area contributed by atoms with E-state index < -0.39 is 0 Å². The van der Waals surface area contributed by atoms with Gasteiger partial charge in [0.25, 0.3) is 0 Å². The Kier molecular flexibility index (Phi) is 6.58. The van der Waals surface area contributed by atoms with Crippen LogP contribution in [0, 0.1) is 11.3 Å². The highest BCUT2D eigenvalue weighted by atomic mass is 16.3. The molecule has 4 heterocycles. The van der Waals surface area contributed by atoms with Gasteiger partial charge in [0.2, 0.25) is 0 Å². The topological polar surface area (TPSA) is 84.1 Å². The maximum atomic E-state index is 9.84. The molecular formula is C28H32N6O. The number of pyridine rings is 1. The van der Waals surface area contributed by atoms with Gasteiger partial charge < -0.3 is 14.7 Å². The molecular weight excluding hydrogens is 436 g/mol. The van der Waals surface area contributed by atoms with Crippen LogP contribution in [0.25, 0.3) is 22.2 Å². The minimum atomic E-state index is 0.487. The Bertz CT molecular complexity index is 1350. The van der Waals surface area contributed by atoms with Crippen LogP contribution in [0.5, 0.6) is 0 Å². The summed E-state index contributed by atoms with van der Waals surface area (Å²) in [6.07, 6.45) is 6.20. The summed E-state index contributed by atoms with van der Waals surface area (Å²) < 4.78 is 6.29. The van der Waals surface area contributed by atoms with E-state index >= 15 is 0 Å². The molecule has 0 bridgehead atoms. The normalized spacial score (nSPS) is 15.1. The van der Waals surface area contributed by atoms with Crippen molar-refractivity contribution in [3.05, 3.63) is 65.8 Å². The average molecular weight is 469 g/mol. The van der Waals surface area contributed by atoms with Crippen molar-refractivity contribution in [1.82, 2.24) is 19.8 Å². The second kappa shape index (κ2) is 9.95. The van der Waals surface area contributed by atoms with Crippen LogP contribution in [0.15, 0.2) is 53.3 Å². The molecule has 5 rings (SSSR count). The zero-order valence-electron chi connectivity index (χ0n) is 20.6. The molecule has 1 aliphatic heterocycles. The predicted octanol–water partition coefficient (Wildman–Crippen LogP) is 5.53. The zero-order chi connectivity index (χ0) is 24.4. The van der Waals surface area contributed by atoms with Crippen molar-refractivity contribution >= 4 is 22.3 Å². The molecule has 1 saturated heterocycles. The van der Waals surface area contributed by atoms with E-state index in [4.69, 9.17) is 4.42 Å². The summed E-state index contributed by atoms with van der Waals surface area (Å²) >= 11 is 0. The van der Waals surface area contributed by atoms with Gasteiger partial charge in [-0.25, -0.2) is 0 Å². The third kappa shape index (κ3) is 4.68. The number of rotatable bonds is 7. The van der Waals surface area contributed by atoms with Crippen molar-refractivity contribution < 1.29 is 4.42 Å². The van der Waals surface area contributed by atoms with E-state index in [1.165, 1.54) is 10.9 Å². The molecule has 4 aromatic rings. The number of hydrogen-bond donors (Lipinski definition) is 2. The van der Waals surface area contributed by atoms with Crippen LogP contribution in [0.4, 0.5) is 11.4 Å². The van der Waals surface area contributed by atoms with Crippen LogP contribution >= 0.6 is 0 Å². The second-order valence-corrected chi connectivity index (χ2v) is 9.40. The molecule has 0 radical (unpaired) electrons.